The number of rotatable bonds is 5. The molecule has 114 valence electrons. The van der Waals surface area contributed by atoms with Gasteiger partial charge in [-0.1, -0.05) is 31.9 Å². The lowest BCUT2D eigenvalue weighted by atomic mass is 9.96. The van der Waals surface area contributed by atoms with Gasteiger partial charge in [-0.05, 0) is 43.7 Å². The number of fused-ring (bicyclic) bond motifs is 1. The molecule has 1 aliphatic rings. The van der Waals surface area contributed by atoms with Crippen molar-refractivity contribution in [3.8, 4) is 0 Å². The van der Waals surface area contributed by atoms with E-state index >= 15 is 0 Å². The summed E-state index contributed by atoms with van der Waals surface area (Å²) in [4.78, 5) is 4.74. The molecule has 21 heavy (non-hydrogen) atoms. The molecule has 0 radical (unpaired) electrons. The van der Waals surface area contributed by atoms with E-state index in [-0.39, 0.29) is 6.10 Å². The molecule has 0 amide bonds. The first-order valence-corrected chi connectivity index (χ1v) is 8.35. The van der Waals surface area contributed by atoms with E-state index in [1.807, 2.05) is 6.07 Å². The van der Waals surface area contributed by atoms with Gasteiger partial charge in [-0.25, -0.2) is 4.98 Å². The van der Waals surface area contributed by atoms with Crippen molar-refractivity contribution in [2.75, 3.05) is 0 Å². The lowest BCUT2D eigenvalue weighted by molar-refractivity contribution is 0.106. The Labute approximate surface area is 127 Å². The summed E-state index contributed by atoms with van der Waals surface area (Å²) in [5, 5.41) is 10.6. The Hall–Kier alpha value is -1.35. The maximum atomic E-state index is 10.6. The fourth-order valence-electron chi connectivity index (χ4n) is 3.82. The van der Waals surface area contributed by atoms with Crippen molar-refractivity contribution in [1.29, 1.82) is 0 Å². The van der Waals surface area contributed by atoms with Crippen LogP contribution in [0, 0.1) is 11.8 Å². The fourth-order valence-corrected chi connectivity index (χ4v) is 3.82. The molecule has 3 unspecified atom stereocenters. The number of hydrogen-bond acceptors (Lipinski definition) is 2. The molecule has 3 heteroatoms. The van der Waals surface area contributed by atoms with Gasteiger partial charge in [0.25, 0.3) is 0 Å². The molecule has 0 bridgehead atoms. The number of aliphatic hydroxyl groups excluding tert-OH is 1. The molecule has 1 fully saturated rings. The lowest BCUT2D eigenvalue weighted by Crippen LogP contribution is -2.22. The highest BCUT2D eigenvalue weighted by molar-refractivity contribution is 5.75. The standard InChI is InChI=1S/C18H26N2O/c1-3-13-9-10-14(11-13)17(21)12-18-19-15-7-5-6-8-16(15)20(18)4-2/h5-8,13-14,17,21H,3-4,9-12H2,1-2H3. The van der Waals surface area contributed by atoms with Crippen LogP contribution in [0.3, 0.4) is 0 Å². The van der Waals surface area contributed by atoms with Crippen LogP contribution in [-0.4, -0.2) is 20.8 Å². The molecule has 0 spiro atoms. The van der Waals surface area contributed by atoms with Crippen molar-refractivity contribution in [2.45, 2.75) is 58.6 Å². The second-order valence-corrected chi connectivity index (χ2v) is 6.38. The minimum absolute atomic E-state index is 0.247. The highest BCUT2D eigenvalue weighted by atomic mass is 16.3. The summed E-state index contributed by atoms with van der Waals surface area (Å²) < 4.78 is 2.24. The maximum Gasteiger partial charge on any atom is 0.112 e. The average molecular weight is 286 g/mol. The lowest BCUT2D eigenvalue weighted by Gasteiger charge is -2.18. The van der Waals surface area contributed by atoms with E-state index in [0.29, 0.717) is 12.3 Å². The summed E-state index contributed by atoms with van der Waals surface area (Å²) in [7, 11) is 0. The number of aliphatic hydroxyl groups is 1. The van der Waals surface area contributed by atoms with Crippen LogP contribution in [0.2, 0.25) is 0 Å². The molecular weight excluding hydrogens is 260 g/mol. The Morgan fingerprint density at radius 3 is 2.81 bits per heavy atom. The first-order valence-electron chi connectivity index (χ1n) is 8.35. The van der Waals surface area contributed by atoms with Gasteiger partial charge >= 0.3 is 0 Å². The number of benzene rings is 1. The molecule has 3 nitrogen and oxygen atoms in total. The van der Waals surface area contributed by atoms with Gasteiger partial charge in [-0.3, -0.25) is 0 Å². The Bertz CT molecular complexity index is 604. The second kappa shape index (κ2) is 6.18. The summed E-state index contributed by atoms with van der Waals surface area (Å²) in [6, 6.07) is 8.25. The van der Waals surface area contributed by atoms with Crippen LogP contribution in [0.25, 0.3) is 11.0 Å². The van der Waals surface area contributed by atoms with Gasteiger partial charge in [0.2, 0.25) is 0 Å². The van der Waals surface area contributed by atoms with Crippen LogP contribution < -0.4 is 0 Å². The highest BCUT2D eigenvalue weighted by Gasteiger charge is 2.29. The Morgan fingerprint density at radius 2 is 2.10 bits per heavy atom. The zero-order valence-corrected chi connectivity index (χ0v) is 13.1. The van der Waals surface area contributed by atoms with Gasteiger partial charge in [0.05, 0.1) is 17.1 Å². The van der Waals surface area contributed by atoms with Crippen molar-refractivity contribution in [3.05, 3.63) is 30.1 Å². The van der Waals surface area contributed by atoms with E-state index < -0.39 is 0 Å². The van der Waals surface area contributed by atoms with Gasteiger partial charge in [0.15, 0.2) is 0 Å². The van der Waals surface area contributed by atoms with Gasteiger partial charge in [-0.15, -0.1) is 0 Å². The predicted octanol–water partition coefficient (Wildman–Crippen LogP) is 3.79. The minimum Gasteiger partial charge on any atom is -0.392 e. The van der Waals surface area contributed by atoms with Crippen LogP contribution in [0.15, 0.2) is 24.3 Å². The van der Waals surface area contributed by atoms with Crippen molar-refractivity contribution in [1.82, 2.24) is 9.55 Å². The molecule has 1 saturated carbocycles. The van der Waals surface area contributed by atoms with Crippen LogP contribution in [-0.2, 0) is 13.0 Å². The number of nitrogens with zero attached hydrogens (tertiary/aromatic N) is 2. The third-order valence-corrected chi connectivity index (χ3v) is 5.14. The van der Waals surface area contributed by atoms with E-state index in [0.717, 1.165) is 23.8 Å². The van der Waals surface area contributed by atoms with Crippen molar-refractivity contribution in [3.63, 3.8) is 0 Å². The molecule has 0 saturated heterocycles. The summed E-state index contributed by atoms with van der Waals surface area (Å²) >= 11 is 0. The molecule has 3 rings (SSSR count). The molecule has 3 atom stereocenters. The monoisotopic (exact) mass is 286 g/mol. The van der Waals surface area contributed by atoms with Gasteiger partial charge in [0, 0.05) is 13.0 Å². The normalized spacial score (nSPS) is 23.8. The summed E-state index contributed by atoms with van der Waals surface area (Å²) in [5.74, 6) is 2.31. The Morgan fingerprint density at radius 1 is 1.29 bits per heavy atom. The molecule has 1 heterocycles. The average Bonchev–Trinajstić information content (AvgIpc) is 3.11. The summed E-state index contributed by atoms with van der Waals surface area (Å²) in [5.41, 5.74) is 2.22. The Kier molecular flexibility index (Phi) is 4.29. The minimum atomic E-state index is -0.247. The number of aromatic nitrogens is 2. The third-order valence-electron chi connectivity index (χ3n) is 5.14. The van der Waals surface area contributed by atoms with Crippen molar-refractivity contribution >= 4 is 11.0 Å². The molecule has 1 aliphatic carbocycles. The summed E-state index contributed by atoms with van der Waals surface area (Å²) in [6.07, 6.45) is 5.32. The first kappa shape index (κ1) is 14.6. The van der Waals surface area contributed by atoms with Crippen LogP contribution in [0.1, 0.15) is 45.4 Å². The summed E-state index contributed by atoms with van der Waals surface area (Å²) in [6.45, 7) is 5.31. The zero-order valence-electron chi connectivity index (χ0n) is 13.1. The molecular formula is C18H26N2O. The first-order chi connectivity index (χ1) is 10.2. The molecule has 1 aromatic carbocycles. The largest absolute Gasteiger partial charge is 0.392 e. The van der Waals surface area contributed by atoms with Crippen molar-refractivity contribution in [2.24, 2.45) is 11.8 Å². The number of hydrogen-bond donors (Lipinski definition) is 1. The molecule has 1 aromatic heterocycles. The van der Waals surface area contributed by atoms with Crippen LogP contribution in [0.5, 0.6) is 0 Å². The van der Waals surface area contributed by atoms with Gasteiger partial charge in [-0.2, -0.15) is 0 Å². The molecule has 0 aliphatic heterocycles. The van der Waals surface area contributed by atoms with E-state index in [1.54, 1.807) is 0 Å². The van der Waals surface area contributed by atoms with Crippen LogP contribution in [0.4, 0.5) is 0 Å². The van der Waals surface area contributed by atoms with E-state index in [4.69, 9.17) is 4.98 Å². The number of aryl methyl sites for hydroxylation is 1. The fraction of sp³-hybridized carbons (Fsp3) is 0.611. The number of para-hydroxylation sites is 2. The maximum absolute atomic E-state index is 10.6. The smallest absolute Gasteiger partial charge is 0.112 e. The Balaban J connectivity index is 1.78. The van der Waals surface area contributed by atoms with E-state index in [1.165, 1.54) is 31.2 Å². The van der Waals surface area contributed by atoms with E-state index in [9.17, 15) is 5.11 Å². The topological polar surface area (TPSA) is 38.1 Å². The molecule has 2 aromatic rings. The number of imidazole rings is 1. The molecule has 1 N–H and O–H groups in total. The quantitative estimate of drug-likeness (QED) is 0.908. The predicted molar refractivity (Wildman–Crippen MR) is 86.2 cm³/mol. The highest BCUT2D eigenvalue weighted by Crippen LogP contribution is 2.35. The van der Waals surface area contributed by atoms with Gasteiger partial charge in [0.1, 0.15) is 5.82 Å². The van der Waals surface area contributed by atoms with Crippen molar-refractivity contribution < 1.29 is 5.11 Å². The van der Waals surface area contributed by atoms with Gasteiger partial charge < -0.3 is 9.67 Å². The zero-order chi connectivity index (χ0) is 14.8. The second-order valence-electron chi connectivity index (χ2n) is 6.38. The van der Waals surface area contributed by atoms with E-state index in [2.05, 4.69) is 36.6 Å². The third kappa shape index (κ3) is 2.84. The van der Waals surface area contributed by atoms with Crippen LogP contribution >= 0.6 is 0 Å². The SMILES string of the molecule is CCC1CCC(C(O)Cc2nc3ccccc3n2CC)C1.